The van der Waals surface area contributed by atoms with Crippen molar-refractivity contribution in [2.75, 3.05) is 0 Å². The largest absolute Gasteiger partial charge is 0.872 e. The molecule has 0 aromatic heterocycles. The van der Waals surface area contributed by atoms with Crippen molar-refractivity contribution in [2.45, 2.75) is 0 Å². The molecule has 5 heteroatoms. The summed E-state index contributed by atoms with van der Waals surface area (Å²) in [6, 6.07) is 3.17. The molecule has 0 unspecified atom stereocenters. The maximum absolute atomic E-state index is 10.7. The Labute approximate surface area is 67.5 Å². The molecule has 1 aromatic rings. The van der Waals surface area contributed by atoms with Crippen molar-refractivity contribution in [3.63, 3.8) is 0 Å². The van der Waals surface area contributed by atoms with E-state index in [1.165, 1.54) is 0 Å². The van der Waals surface area contributed by atoms with Crippen molar-refractivity contribution < 1.29 is 15.0 Å². The fourth-order valence-corrected chi connectivity index (χ4v) is 0.774. The zero-order valence-electron chi connectivity index (χ0n) is 5.89. The summed E-state index contributed by atoms with van der Waals surface area (Å²) in [7, 11) is 0. The van der Waals surface area contributed by atoms with Crippen molar-refractivity contribution >= 4 is 11.7 Å². The quantitative estimate of drug-likeness (QED) is 0.625. The zero-order valence-corrected chi connectivity index (χ0v) is 5.89. The molecule has 0 radical (unpaired) electrons. The van der Waals surface area contributed by atoms with E-state index in [2.05, 4.69) is 4.98 Å². The first-order valence-electron chi connectivity index (χ1n) is 3.04. The Kier molecular flexibility index (Phi) is 1.92. The maximum Gasteiger partial charge on any atom is 0.399 e. The molecule has 12 heavy (non-hydrogen) atoms. The minimum absolute atomic E-state index is 0.123. The second kappa shape index (κ2) is 2.88. The van der Waals surface area contributed by atoms with Crippen LogP contribution in [0.3, 0.4) is 0 Å². The predicted octanol–water partition coefficient (Wildman–Crippen LogP) is 0.943. The van der Waals surface area contributed by atoms with Crippen LogP contribution in [0.2, 0.25) is 0 Å². The Morgan fingerprint density at radius 3 is 2.75 bits per heavy atom. The Bertz CT molecular complexity index is 367. The van der Waals surface area contributed by atoms with E-state index in [4.69, 9.17) is 10.5 Å². The zero-order chi connectivity index (χ0) is 9.14. The van der Waals surface area contributed by atoms with E-state index in [0.717, 1.165) is 18.2 Å². The monoisotopic (exact) mass is 164 g/mol. The van der Waals surface area contributed by atoms with Gasteiger partial charge in [-0.15, -0.1) is 5.75 Å². The minimum atomic E-state index is -1.29. The highest BCUT2D eigenvalue weighted by atomic mass is 16.4. The molecule has 60 valence electrons. The highest BCUT2D eigenvalue weighted by Gasteiger charge is 2.18. The highest BCUT2D eigenvalue weighted by Crippen LogP contribution is 2.22. The van der Waals surface area contributed by atoms with Crippen LogP contribution in [0.25, 0.3) is 4.98 Å². The molecule has 0 bridgehead atoms. The van der Waals surface area contributed by atoms with Gasteiger partial charge < -0.3 is 10.2 Å². The van der Waals surface area contributed by atoms with E-state index in [1.807, 2.05) is 0 Å². The fraction of sp³-hybridized carbons (Fsp3) is 0. The van der Waals surface area contributed by atoms with Crippen LogP contribution in [0.15, 0.2) is 18.2 Å². The van der Waals surface area contributed by atoms with Gasteiger partial charge in [0.1, 0.15) is 0 Å². The highest BCUT2D eigenvalue weighted by molar-refractivity contribution is 5.94. The van der Waals surface area contributed by atoms with Crippen LogP contribution >= 0.6 is 0 Å². The van der Waals surface area contributed by atoms with E-state index in [-0.39, 0.29) is 11.3 Å². The number of hydrogen-bond donors (Lipinski definition) is 1. The topological polar surface area (TPSA) is 88.5 Å². The summed E-state index contributed by atoms with van der Waals surface area (Å²) in [6.45, 7) is 0. The van der Waals surface area contributed by atoms with Crippen LogP contribution in [0.4, 0.5) is 5.69 Å². The van der Waals surface area contributed by atoms with Gasteiger partial charge in [-0.25, -0.2) is 4.79 Å². The van der Waals surface area contributed by atoms with Crippen molar-refractivity contribution in [2.24, 2.45) is 0 Å². The second-order valence-electron chi connectivity index (χ2n) is 2.08. The van der Waals surface area contributed by atoms with Crippen molar-refractivity contribution in [1.82, 2.24) is 0 Å². The first-order chi connectivity index (χ1) is 5.65. The van der Waals surface area contributed by atoms with Gasteiger partial charge in [0.2, 0.25) is 5.39 Å². The van der Waals surface area contributed by atoms with Crippen molar-refractivity contribution in [1.29, 1.82) is 5.39 Å². The van der Waals surface area contributed by atoms with E-state index in [1.54, 1.807) is 0 Å². The smallest absolute Gasteiger partial charge is 0.399 e. The van der Waals surface area contributed by atoms with Gasteiger partial charge in [-0.3, -0.25) is 0 Å². The number of rotatable bonds is 1. The summed E-state index contributed by atoms with van der Waals surface area (Å²) in [4.78, 5) is 13.1. The summed E-state index contributed by atoms with van der Waals surface area (Å²) in [5.74, 6) is -1.72. The van der Waals surface area contributed by atoms with Gasteiger partial charge in [0, 0.05) is 6.07 Å². The lowest BCUT2D eigenvalue weighted by atomic mass is 10.2. The molecule has 5 nitrogen and oxygen atoms in total. The molecule has 0 spiro atoms. The number of diazo groups is 1. The van der Waals surface area contributed by atoms with Gasteiger partial charge in [-0.05, 0) is 6.07 Å². The summed E-state index contributed by atoms with van der Waals surface area (Å²) in [6.07, 6.45) is 0. The van der Waals surface area contributed by atoms with Crippen LogP contribution in [-0.2, 0) is 0 Å². The van der Waals surface area contributed by atoms with Gasteiger partial charge in [0.05, 0.1) is 0 Å². The van der Waals surface area contributed by atoms with E-state index < -0.39 is 11.7 Å². The molecule has 1 aromatic carbocycles. The molecular weight excluding hydrogens is 160 g/mol. The number of hydrogen-bond acceptors (Lipinski definition) is 3. The minimum Gasteiger partial charge on any atom is -0.872 e. The molecule has 0 amide bonds. The lowest BCUT2D eigenvalue weighted by Crippen LogP contribution is -1.98. The normalized spacial score (nSPS) is 8.92. The third-order valence-corrected chi connectivity index (χ3v) is 1.31. The van der Waals surface area contributed by atoms with Crippen LogP contribution in [0, 0.1) is 5.39 Å². The number of nitrogens with zero attached hydrogens (tertiary/aromatic N) is 2. The van der Waals surface area contributed by atoms with Crippen LogP contribution in [-0.4, -0.2) is 11.1 Å². The molecule has 1 rings (SSSR count). The number of carbonyl (C=O) groups is 1. The number of carboxylic acids is 1. The molecule has 0 aliphatic rings. The Morgan fingerprint density at radius 1 is 1.58 bits per heavy atom. The Hall–Kier alpha value is -2.09. The summed E-state index contributed by atoms with van der Waals surface area (Å²) in [5, 5.41) is 27.5. The fourth-order valence-electron chi connectivity index (χ4n) is 0.774. The standard InChI is InChI=1S/C7H4N2O3/c8-9-6-2-1-4(10)3-5(6)7(11)12/h1-3H,(H-,10,11,12). The lowest BCUT2D eigenvalue weighted by Gasteiger charge is -2.01. The average Bonchev–Trinajstić information content (AvgIpc) is 2.04. The van der Waals surface area contributed by atoms with E-state index in [9.17, 15) is 9.90 Å². The maximum atomic E-state index is 10.7. The lowest BCUT2D eigenvalue weighted by molar-refractivity contribution is -0.268. The van der Waals surface area contributed by atoms with Gasteiger partial charge in [0.15, 0.2) is 10.5 Å². The van der Waals surface area contributed by atoms with Gasteiger partial charge in [0.25, 0.3) is 0 Å². The molecular formula is C7H4N2O3. The molecule has 0 fully saturated rings. The second-order valence-corrected chi connectivity index (χ2v) is 2.08. The van der Waals surface area contributed by atoms with Crippen LogP contribution in [0.1, 0.15) is 10.4 Å². The van der Waals surface area contributed by atoms with Crippen molar-refractivity contribution in [3.8, 4) is 5.75 Å². The van der Waals surface area contributed by atoms with Gasteiger partial charge in [-0.2, -0.15) is 0 Å². The molecule has 0 heterocycles. The molecule has 1 N–H and O–H groups in total. The summed E-state index contributed by atoms with van der Waals surface area (Å²) < 4.78 is 0. The Balaban J connectivity index is 3.34. The first kappa shape index (κ1) is 8.01. The van der Waals surface area contributed by atoms with Gasteiger partial charge in [-0.1, -0.05) is 6.07 Å². The van der Waals surface area contributed by atoms with E-state index >= 15 is 0 Å². The molecule has 0 saturated heterocycles. The molecule has 0 aliphatic carbocycles. The first-order valence-corrected chi connectivity index (χ1v) is 3.04. The van der Waals surface area contributed by atoms with Crippen molar-refractivity contribution in [3.05, 3.63) is 28.7 Å². The molecule has 0 aliphatic heterocycles. The summed E-state index contributed by atoms with van der Waals surface area (Å²) >= 11 is 0. The SMILES string of the molecule is N#[N+]c1ccc([O-])cc1C(=O)O. The van der Waals surface area contributed by atoms with E-state index in [0.29, 0.717) is 0 Å². The summed E-state index contributed by atoms with van der Waals surface area (Å²) in [5.41, 5.74) is -0.424. The third kappa shape index (κ3) is 1.32. The third-order valence-electron chi connectivity index (χ3n) is 1.31. The number of benzene rings is 1. The molecule has 0 saturated carbocycles. The number of aromatic carboxylic acids is 1. The molecule has 0 atom stereocenters. The number of carboxylic acid groups (broad SMARTS) is 1. The van der Waals surface area contributed by atoms with Crippen LogP contribution < -0.4 is 5.11 Å². The van der Waals surface area contributed by atoms with Crippen LogP contribution in [0.5, 0.6) is 5.75 Å². The predicted molar refractivity (Wildman–Crippen MR) is 37.6 cm³/mol. The average molecular weight is 164 g/mol. The Morgan fingerprint density at radius 2 is 2.25 bits per heavy atom. The van der Waals surface area contributed by atoms with Gasteiger partial charge >= 0.3 is 11.7 Å².